The molecule has 0 aliphatic carbocycles. The molecule has 30 heavy (non-hydrogen) atoms. The summed E-state index contributed by atoms with van der Waals surface area (Å²) in [4.78, 5) is 14.8. The Kier molecular flexibility index (Phi) is 7.96. The topological polar surface area (TPSA) is 79.0 Å². The highest BCUT2D eigenvalue weighted by Gasteiger charge is 2.28. The van der Waals surface area contributed by atoms with Crippen molar-refractivity contribution in [2.75, 3.05) is 50.2 Å². The van der Waals surface area contributed by atoms with E-state index in [1.165, 1.54) is 30.3 Å². The van der Waals surface area contributed by atoms with Crippen LogP contribution in [0.25, 0.3) is 0 Å². The number of carbonyl (C=O) groups excluding carboxylic acids is 1. The van der Waals surface area contributed by atoms with Crippen molar-refractivity contribution >= 4 is 44.8 Å². The third kappa shape index (κ3) is 5.86. The van der Waals surface area contributed by atoms with Crippen molar-refractivity contribution in [1.82, 2.24) is 10.2 Å². The number of nitrogens with zero attached hydrogens (tertiary/aromatic N) is 2. The lowest BCUT2D eigenvalue weighted by Gasteiger charge is -2.27. The molecule has 0 unspecified atom stereocenters. The molecule has 7 nitrogen and oxygen atoms in total. The number of rotatable bonds is 8. The van der Waals surface area contributed by atoms with Gasteiger partial charge in [0.25, 0.3) is 10.0 Å². The Morgan fingerprint density at radius 1 is 1.10 bits per heavy atom. The predicted molar refractivity (Wildman–Crippen MR) is 118 cm³/mol. The summed E-state index contributed by atoms with van der Waals surface area (Å²) >= 11 is 12.2. The Bertz CT molecular complexity index is 967. The monoisotopic (exact) mass is 471 g/mol. The van der Waals surface area contributed by atoms with Gasteiger partial charge in [0, 0.05) is 31.2 Å². The van der Waals surface area contributed by atoms with Gasteiger partial charge in [0.1, 0.15) is 6.54 Å². The number of morpholine rings is 1. The summed E-state index contributed by atoms with van der Waals surface area (Å²) in [5.41, 5.74) is 0.188. The van der Waals surface area contributed by atoms with Crippen molar-refractivity contribution in [1.29, 1.82) is 0 Å². The molecule has 0 saturated carbocycles. The molecule has 0 bridgehead atoms. The Balaban J connectivity index is 1.76. The second kappa shape index (κ2) is 10.5. The van der Waals surface area contributed by atoms with Gasteiger partial charge in [0.15, 0.2) is 0 Å². The fourth-order valence-corrected chi connectivity index (χ4v) is 5.09. The van der Waals surface area contributed by atoms with Crippen molar-refractivity contribution in [2.24, 2.45) is 0 Å². The van der Waals surface area contributed by atoms with Gasteiger partial charge < -0.3 is 10.1 Å². The first-order valence-electron chi connectivity index (χ1n) is 9.47. The smallest absolute Gasteiger partial charge is 0.264 e. The lowest BCUT2D eigenvalue weighted by atomic mass is 10.3. The zero-order chi connectivity index (χ0) is 21.6. The van der Waals surface area contributed by atoms with Crippen LogP contribution in [0.1, 0.15) is 0 Å². The van der Waals surface area contributed by atoms with Crippen LogP contribution in [0.2, 0.25) is 10.0 Å². The van der Waals surface area contributed by atoms with Crippen LogP contribution in [0.3, 0.4) is 0 Å². The van der Waals surface area contributed by atoms with Crippen LogP contribution in [0.15, 0.2) is 53.4 Å². The maximum absolute atomic E-state index is 13.3. The second-order valence-corrected chi connectivity index (χ2v) is 9.43. The number of halogens is 2. The van der Waals surface area contributed by atoms with Gasteiger partial charge in [-0.1, -0.05) is 41.4 Å². The zero-order valence-electron chi connectivity index (χ0n) is 16.3. The quantitative estimate of drug-likeness (QED) is 0.639. The Morgan fingerprint density at radius 2 is 1.80 bits per heavy atom. The predicted octanol–water partition coefficient (Wildman–Crippen LogP) is 2.64. The van der Waals surface area contributed by atoms with Crippen molar-refractivity contribution in [3.8, 4) is 0 Å². The summed E-state index contributed by atoms with van der Waals surface area (Å²) in [6.45, 7) is 3.64. The largest absolute Gasteiger partial charge is 0.379 e. The van der Waals surface area contributed by atoms with Gasteiger partial charge in [0.2, 0.25) is 5.91 Å². The number of amides is 1. The normalized spacial score (nSPS) is 15.0. The van der Waals surface area contributed by atoms with Crippen LogP contribution < -0.4 is 9.62 Å². The number of hydrogen-bond donors (Lipinski definition) is 1. The van der Waals surface area contributed by atoms with E-state index in [2.05, 4.69) is 10.2 Å². The van der Waals surface area contributed by atoms with Crippen molar-refractivity contribution in [3.05, 3.63) is 58.6 Å². The maximum atomic E-state index is 13.3. The number of ether oxygens (including phenoxy) is 1. The number of benzene rings is 2. The first-order valence-corrected chi connectivity index (χ1v) is 11.7. The molecule has 1 saturated heterocycles. The summed E-state index contributed by atoms with van der Waals surface area (Å²) in [5.74, 6) is -0.422. The molecule has 1 aliphatic rings. The Labute approximate surface area is 186 Å². The van der Waals surface area contributed by atoms with Crippen molar-refractivity contribution in [3.63, 3.8) is 0 Å². The summed E-state index contributed by atoms with van der Waals surface area (Å²) in [7, 11) is -4.01. The highest BCUT2D eigenvalue weighted by atomic mass is 35.5. The maximum Gasteiger partial charge on any atom is 0.264 e. The number of anilines is 1. The average molecular weight is 472 g/mol. The lowest BCUT2D eigenvalue weighted by Crippen LogP contribution is -2.45. The van der Waals surface area contributed by atoms with Gasteiger partial charge >= 0.3 is 0 Å². The third-order valence-electron chi connectivity index (χ3n) is 4.65. The summed E-state index contributed by atoms with van der Waals surface area (Å²) < 4.78 is 32.8. The molecule has 10 heteroatoms. The summed E-state index contributed by atoms with van der Waals surface area (Å²) in [5, 5.41) is 3.30. The van der Waals surface area contributed by atoms with Gasteiger partial charge in [-0.3, -0.25) is 14.0 Å². The van der Waals surface area contributed by atoms with E-state index in [0.717, 1.165) is 17.4 Å². The molecule has 1 fully saturated rings. The molecule has 3 rings (SSSR count). The van der Waals surface area contributed by atoms with Crippen LogP contribution in [0, 0.1) is 0 Å². The fourth-order valence-electron chi connectivity index (χ4n) is 3.07. The van der Waals surface area contributed by atoms with E-state index in [1.54, 1.807) is 18.2 Å². The fraction of sp³-hybridized carbons (Fsp3) is 0.350. The number of hydrogen-bond acceptors (Lipinski definition) is 5. The molecule has 0 atom stereocenters. The minimum absolute atomic E-state index is 0.0668. The molecule has 1 aliphatic heterocycles. The van der Waals surface area contributed by atoms with Gasteiger partial charge in [0.05, 0.1) is 28.8 Å². The standard InChI is InChI=1S/C20H23Cl2N3O4S/c21-16-6-7-19(18(22)14-16)25(30(27,28)17-4-2-1-3-5-17)15-20(26)23-8-9-24-10-12-29-13-11-24/h1-7,14H,8-13,15H2,(H,23,26). The van der Waals surface area contributed by atoms with E-state index in [9.17, 15) is 13.2 Å². The lowest BCUT2D eigenvalue weighted by molar-refractivity contribution is -0.119. The zero-order valence-corrected chi connectivity index (χ0v) is 18.6. The van der Waals surface area contributed by atoms with Gasteiger partial charge in [-0.25, -0.2) is 8.42 Å². The van der Waals surface area contributed by atoms with Crippen molar-refractivity contribution in [2.45, 2.75) is 4.90 Å². The minimum atomic E-state index is -4.01. The molecule has 0 radical (unpaired) electrons. The van der Waals surface area contributed by atoms with E-state index < -0.39 is 22.5 Å². The molecule has 2 aromatic rings. The first-order chi connectivity index (χ1) is 14.4. The molecule has 0 spiro atoms. The van der Waals surface area contributed by atoms with E-state index in [4.69, 9.17) is 27.9 Å². The van der Waals surface area contributed by atoms with E-state index in [-0.39, 0.29) is 15.6 Å². The Hall–Kier alpha value is -1.84. The van der Waals surface area contributed by atoms with Crippen LogP contribution >= 0.6 is 23.2 Å². The molecule has 1 heterocycles. The molecule has 1 N–H and O–H groups in total. The average Bonchev–Trinajstić information content (AvgIpc) is 2.74. The SMILES string of the molecule is O=C(CN(c1ccc(Cl)cc1Cl)S(=O)(=O)c1ccccc1)NCCN1CCOCC1. The van der Waals surface area contributed by atoms with Gasteiger partial charge in [-0.15, -0.1) is 0 Å². The van der Waals surface area contributed by atoms with Gasteiger partial charge in [-0.2, -0.15) is 0 Å². The van der Waals surface area contributed by atoms with Crippen LogP contribution in [0.5, 0.6) is 0 Å². The summed E-state index contributed by atoms with van der Waals surface area (Å²) in [6, 6.07) is 12.4. The molecule has 2 aromatic carbocycles. The second-order valence-electron chi connectivity index (χ2n) is 6.72. The molecular formula is C20H23Cl2N3O4S. The van der Waals surface area contributed by atoms with Crippen LogP contribution in [-0.4, -0.2) is 65.2 Å². The van der Waals surface area contributed by atoms with Crippen LogP contribution in [0.4, 0.5) is 5.69 Å². The highest BCUT2D eigenvalue weighted by Crippen LogP contribution is 2.32. The number of carbonyl (C=O) groups is 1. The summed E-state index contributed by atoms with van der Waals surface area (Å²) in [6.07, 6.45) is 0. The third-order valence-corrected chi connectivity index (χ3v) is 6.96. The number of nitrogens with one attached hydrogen (secondary N) is 1. The van der Waals surface area contributed by atoms with Gasteiger partial charge in [-0.05, 0) is 30.3 Å². The highest BCUT2D eigenvalue weighted by molar-refractivity contribution is 7.92. The first kappa shape index (κ1) is 22.8. The van der Waals surface area contributed by atoms with E-state index >= 15 is 0 Å². The van der Waals surface area contributed by atoms with Crippen LogP contribution in [-0.2, 0) is 19.6 Å². The molecule has 162 valence electrons. The molecule has 0 aromatic heterocycles. The molecular weight excluding hydrogens is 449 g/mol. The molecule has 1 amide bonds. The Morgan fingerprint density at radius 3 is 2.47 bits per heavy atom. The minimum Gasteiger partial charge on any atom is -0.379 e. The van der Waals surface area contributed by atoms with E-state index in [1.807, 2.05) is 0 Å². The van der Waals surface area contributed by atoms with E-state index in [0.29, 0.717) is 31.3 Å². The van der Waals surface area contributed by atoms with Crippen molar-refractivity contribution < 1.29 is 17.9 Å². The number of sulfonamides is 1.